The first-order chi connectivity index (χ1) is 7.82. The number of carbonyl (C=O) groups excluding carboxylic acids is 1. The molecule has 2 atom stereocenters. The number of unbranched alkanes of at least 4 members (excludes halogenated alkanes) is 1. The number of hydrogen-bond acceptors (Lipinski definition) is 4. The smallest absolute Gasteiger partial charge is 0.309 e. The average Bonchev–Trinajstić information content (AvgIpc) is 2.25. The lowest BCUT2D eigenvalue weighted by Gasteiger charge is -2.26. The molecule has 0 bridgehead atoms. The zero-order valence-corrected chi connectivity index (χ0v) is 12.7. The summed E-state index contributed by atoms with van der Waals surface area (Å²) in [4.78, 5) is 11.8. The lowest BCUT2D eigenvalue weighted by Crippen LogP contribution is -2.33. The van der Waals surface area contributed by atoms with Gasteiger partial charge < -0.3 is 16.0 Å². The number of carbonyl (C=O) groups is 1. The van der Waals surface area contributed by atoms with Crippen molar-refractivity contribution in [3.8, 4) is 0 Å². The van der Waals surface area contributed by atoms with E-state index >= 15 is 0 Å². The van der Waals surface area contributed by atoms with Crippen molar-refractivity contribution in [2.45, 2.75) is 66.4 Å². The molecule has 0 fully saturated rings. The molecule has 0 amide bonds. The van der Waals surface area contributed by atoms with Gasteiger partial charge in [0.1, 0.15) is 6.61 Å². The molecular weight excluding hydrogens is 230 g/mol. The molecule has 0 aromatic rings. The zero-order valence-electron chi connectivity index (χ0n) is 12.7. The Bertz CT molecular complexity index is 224. The second-order valence-electron chi connectivity index (χ2n) is 5.76. The molecule has 110 valence electrons. The van der Waals surface area contributed by atoms with Gasteiger partial charge in [-0.05, 0) is 18.3 Å². The fourth-order valence-electron chi connectivity index (χ4n) is 1.47. The van der Waals surface area contributed by atoms with Gasteiger partial charge in [-0.3, -0.25) is 4.79 Å². The van der Waals surface area contributed by atoms with E-state index in [0.29, 0.717) is 0 Å². The Morgan fingerprint density at radius 2 is 1.83 bits per heavy atom. The Morgan fingerprint density at radius 3 is 2.22 bits per heavy atom. The molecule has 0 saturated carbocycles. The van der Waals surface area contributed by atoms with Gasteiger partial charge >= 0.3 is 5.97 Å². The highest BCUT2D eigenvalue weighted by atomic mass is 16.5. The lowest BCUT2D eigenvalue weighted by atomic mass is 9.90. The molecule has 0 aliphatic rings. The van der Waals surface area contributed by atoms with Crippen LogP contribution in [0.2, 0.25) is 0 Å². The van der Waals surface area contributed by atoms with Crippen LogP contribution in [0.15, 0.2) is 0 Å². The number of ether oxygens (including phenoxy) is 1. The Balaban J connectivity index is 0. The molecule has 0 aliphatic carbocycles. The second-order valence-corrected chi connectivity index (χ2v) is 5.76. The van der Waals surface area contributed by atoms with E-state index in [1.165, 1.54) is 0 Å². The monoisotopic (exact) mass is 261 g/mol. The summed E-state index contributed by atoms with van der Waals surface area (Å²) in [6, 6.07) is 0. The number of esters is 1. The van der Waals surface area contributed by atoms with Gasteiger partial charge in [-0.15, -0.1) is 0 Å². The predicted molar refractivity (Wildman–Crippen MR) is 74.7 cm³/mol. The molecule has 4 nitrogen and oxygen atoms in total. The van der Waals surface area contributed by atoms with Crippen LogP contribution in [0.1, 0.15) is 60.3 Å². The number of aliphatic hydroxyl groups is 1. The maximum absolute atomic E-state index is 11.8. The van der Waals surface area contributed by atoms with Crippen LogP contribution in [0.25, 0.3) is 0 Å². The van der Waals surface area contributed by atoms with E-state index in [0.717, 1.165) is 25.7 Å². The molecule has 0 aromatic carbocycles. The molecule has 0 spiro atoms. The van der Waals surface area contributed by atoms with Crippen LogP contribution in [0.5, 0.6) is 0 Å². The summed E-state index contributed by atoms with van der Waals surface area (Å²) in [5.41, 5.74) is -0.245. The van der Waals surface area contributed by atoms with Crippen LogP contribution >= 0.6 is 0 Å². The first-order valence-corrected chi connectivity index (χ1v) is 6.67. The molecule has 0 saturated heterocycles. The van der Waals surface area contributed by atoms with Gasteiger partial charge in [0.15, 0.2) is 0 Å². The van der Waals surface area contributed by atoms with Crippen LogP contribution in [-0.4, -0.2) is 23.8 Å². The first-order valence-electron chi connectivity index (χ1n) is 6.67. The summed E-state index contributed by atoms with van der Waals surface area (Å²) in [6.07, 6.45) is 3.24. The van der Waals surface area contributed by atoms with Crippen molar-refractivity contribution in [2.75, 3.05) is 6.61 Å². The Labute approximate surface area is 112 Å². The third-order valence-electron chi connectivity index (χ3n) is 3.12. The highest BCUT2D eigenvalue weighted by Crippen LogP contribution is 2.20. The molecule has 4 N–H and O–H groups in total. The van der Waals surface area contributed by atoms with Crippen LogP contribution in [0.4, 0.5) is 0 Å². The number of aliphatic hydroxyl groups excluding tert-OH is 1. The highest BCUT2D eigenvalue weighted by Gasteiger charge is 2.25. The van der Waals surface area contributed by atoms with Crippen molar-refractivity contribution in [3.63, 3.8) is 0 Å². The normalized spacial score (nSPS) is 14.6. The van der Waals surface area contributed by atoms with Gasteiger partial charge in [0.2, 0.25) is 0 Å². The van der Waals surface area contributed by atoms with Crippen LogP contribution in [0, 0.1) is 11.3 Å². The summed E-state index contributed by atoms with van der Waals surface area (Å²) in [5, 5.41) is 9.79. The molecule has 2 unspecified atom stereocenters. The lowest BCUT2D eigenvalue weighted by molar-refractivity contribution is -0.154. The van der Waals surface area contributed by atoms with Gasteiger partial charge in [0, 0.05) is 0 Å². The molecule has 0 radical (unpaired) electrons. The number of rotatable bonds is 7. The minimum Gasteiger partial charge on any atom is -0.463 e. The summed E-state index contributed by atoms with van der Waals surface area (Å²) in [7, 11) is 0. The maximum atomic E-state index is 11.8. The topological polar surface area (TPSA) is 81.5 Å². The largest absolute Gasteiger partial charge is 0.463 e. The van der Waals surface area contributed by atoms with Crippen molar-refractivity contribution < 1.29 is 14.6 Å². The van der Waals surface area contributed by atoms with Crippen molar-refractivity contribution in [1.29, 1.82) is 0 Å². The van der Waals surface area contributed by atoms with Crippen molar-refractivity contribution >= 4 is 5.97 Å². The number of hydrogen-bond donors (Lipinski definition) is 2. The predicted octanol–water partition coefficient (Wildman–Crippen LogP) is 3.32. The minimum absolute atomic E-state index is 0. The fourth-order valence-corrected chi connectivity index (χ4v) is 1.47. The van der Waals surface area contributed by atoms with Crippen molar-refractivity contribution in [2.24, 2.45) is 11.3 Å². The Hall–Kier alpha value is -0.610. The van der Waals surface area contributed by atoms with Gasteiger partial charge in [-0.2, -0.15) is 0 Å². The van der Waals surface area contributed by atoms with Gasteiger partial charge in [0.25, 0.3) is 0 Å². The van der Waals surface area contributed by atoms with Crippen molar-refractivity contribution in [1.82, 2.24) is 6.15 Å². The standard InChI is InChI=1S/C14H28O3.H3N/c1-6-8-9-11(7-2)13(16)17-10-12(15)14(3,4)5;/h11-12,15H,6-10H2,1-5H3;1H3. The molecule has 4 heteroatoms. The second kappa shape index (κ2) is 9.34. The third-order valence-corrected chi connectivity index (χ3v) is 3.12. The molecule has 0 heterocycles. The SMILES string of the molecule is CCCCC(CC)C(=O)OCC(O)C(C)(C)C.N. The van der Waals surface area contributed by atoms with E-state index in [2.05, 4.69) is 6.92 Å². The van der Waals surface area contributed by atoms with Crippen LogP contribution in [0.3, 0.4) is 0 Å². The van der Waals surface area contributed by atoms with Crippen molar-refractivity contribution in [3.05, 3.63) is 0 Å². The van der Waals surface area contributed by atoms with Gasteiger partial charge in [-0.25, -0.2) is 0 Å². The average molecular weight is 261 g/mol. The summed E-state index contributed by atoms with van der Waals surface area (Å²) >= 11 is 0. The van der Waals surface area contributed by atoms with Gasteiger partial charge in [0.05, 0.1) is 12.0 Å². The van der Waals surface area contributed by atoms with E-state index < -0.39 is 6.10 Å². The summed E-state index contributed by atoms with van der Waals surface area (Å²) in [5.74, 6) is -0.175. The van der Waals surface area contributed by atoms with E-state index in [9.17, 15) is 9.90 Å². The summed E-state index contributed by atoms with van der Waals surface area (Å²) in [6.45, 7) is 10.0. The Kier molecular flexibility index (Phi) is 10.2. The highest BCUT2D eigenvalue weighted by molar-refractivity contribution is 5.72. The quantitative estimate of drug-likeness (QED) is 0.689. The zero-order chi connectivity index (χ0) is 13.5. The van der Waals surface area contributed by atoms with Gasteiger partial charge in [-0.1, -0.05) is 47.5 Å². The third kappa shape index (κ3) is 7.67. The maximum Gasteiger partial charge on any atom is 0.309 e. The molecule has 0 rings (SSSR count). The van der Waals surface area contributed by atoms with E-state index in [1.807, 2.05) is 27.7 Å². The fraction of sp³-hybridized carbons (Fsp3) is 0.929. The van der Waals surface area contributed by atoms with E-state index in [4.69, 9.17) is 4.74 Å². The van der Waals surface area contributed by atoms with E-state index in [1.54, 1.807) is 0 Å². The molecule has 18 heavy (non-hydrogen) atoms. The molecule has 0 aromatic heterocycles. The Morgan fingerprint density at radius 1 is 1.28 bits per heavy atom. The van der Waals surface area contributed by atoms with E-state index in [-0.39, 0.29) is 30.1 Å². The minimum atomic E-state index is -0.602. The molecule has 0 aliphatic heterocycles. The van der Waals surface area contributed by atoms with Crippen LogP contribution in [-0.2, 0) is 9.53 Å². The first kappa shape index (κ1) is 19.7. The molecular formula is C14H31NO3. The van der Waals surface area contributed by atoms with Crippen LogP contribution < -0.4 is 6.15 Å². The summed E-state index contributed by atoms with van der Waals surface area (Å²) < 4.78 is 5.19.